The van der Waals surface area contributed by atoms with Gasteiger partial charge >= 0.3 is 0 Å². The zero-order valence-electron chi connectivity index (χ0n) is 76.6. The molecule has 128 heavy (non-hydrogen) atoms. The lowest BCUT2D eigenvalue weighted by Gasteiger charge is -2.24. The van der Waals surface area contributed by atoms with Crippen LogP contribution in [-0.4, -0.2) is 296 Å². The minimum absolute atomic E-state index is 0. The number of fused-ring (bicyclic) bond motifs is 8. The highest BCUT2D eigenvalue weighted by Crippen LogP contribution is 2.32. The Morgan fingerprint density at radius 2 is 0.547 bits per heavy atom. The molecule has 0 bridgehead atoms. The molecule has 32 heteroatoms. The van der Waals surface area contributed by atoms with E-state index in [1.165, 1.54) is 46.7 Å². The number of rotatable bonds is 28. The molecule has 4 aliphatic carbocycles. The van der Waals surface area contributed by atoms with Gasteiger partial charge in [-0.15, -0.1) is 0 Å². The first kappa shape index (κ1) is 104. The van der Waals surface area contributed by atoms with Crippen molar-refractivity contribution in [2.75, 3.05) is 264 Å². The van der Waals surface area contributed by atoms with Gasteiger partial charge in [-0.05, 0) is 153 Å². The third kappa shape index (κ3) is 27.9. The number of benzene rings is 8. The maximum absolute atomic E-state index is 12.1. The van der Waals surface area contributed by atoms with E-state index in [1.54, 1.807) is 23.5 Å². The molecule has 8 heterocycles. The topological polar surface area (TPSA) is 200 Å². The summed E-state index contributed by atoms with van der Waals surface area (Å²) < 4.78 is 34.8. The molecule has 24 nitrogen and oxygen atoms in total. The molecule has 0 saturated carbocycles. The van der Waals surface area contributed by atoms with Crippen LogP contribution in [0.2, 0.25) is 0 Å². The monoisotopic (exact) mass is 2070 g/mol. The Labute approximate surface area is 815 Å². The van der Waals surface area contributed by atoms with Crippen LogP contribution >= 0.6 is 47.0 Å². The van der Waals surface area contributed by atoms with E-state index in [4.69, 9.17) is 37.6 Å². The molecule has 4 aromatic rings. The fourth-order valence-corrected chi connectivity index (χ4v) is 18.2. The molecule has 692 valence electrons. The minimum Gasteiger partial charge on any atom is -1.00 e. The lowest BCUT2D eigenvalue weighted by atomic mass is 10.2. The predicted octanol–water partition coefficient (Wildman–Crippen LogP) is -0.833. The zero-order chi connectivity index (χ0) is 86.9. The summed E-state index contributed by atoms with van der Waals surface area (Å²) in [7, 11) is 0. The highest BCUT2D eigenvalue weighted by molar-refractivity contribution is 7.99. The first-order chi connectivity index (χ1) is 60.6. The molecule has 4 fully saturated rings. The molecule has 0 spiro atoms. The number of hydrogen-bond acceptors (Lipinski definition) is 22. The summed E-state index contributed by atoms with van der Waals surface area (Å²) >= 11 is 7.33. The maximum atomic E-state index is 12.1. The molecule has 12 aliphatic rings. The molecule has 0 unspecified atom stereocenters. The van der Waals surface area contributed by atoms with Crippen LogP contribution in [0.4, 0.5) is 22.7 Å². The van der Waals surface area contributed by atoms with E-state index >= 15 is 0 Å². The average molecular weight is 2080 g/mol. The van der Waals surface area contributed by atoms with E-state index in [0.717, 1.165) is 294 Å². The normalized spacial score (nSPS) is 14.5. The standard InChI is InChI=1S/2C25H33N5O2S.2C23H31N4OS.4BrH/c2*1-4-29(5-2)19-6-8-21-23(16-19)32-24-17-20(7-9-22(24)27-21)30-13-11-28(12-14-30)18-25(31)26-10-15-33-3;2*1-4-26(5-2)18-6-8-20-22(16-18)28-23-17-19(7-9-21(23)24-20)27-12-10-25(11-13-27)14-15-29-3;;;;/h2*6-9,16-17H,4-5,10-15,18H2,1-3H3;2*6-9,16-17H,4-5,10-15H2,1-3H3;4*1H/q;;2*+1;;;;/p-2. The number of nitrogens with zero attached hydrogens (tertiary/aromatic N) is 16. The summed E-state index contributed by atoms with van der Waals surface area (Å²) in [4.78, 5) is 62.3. The van der Waals surface area contributed by atoms with E-state index in [1.807, 2.05) is 60.3 Å². The number of amides is 2. The molecule has 0 radical (unpaired) electrons. The van der Waals surface area contributed by atoms with Crippen molar-refractivity contribution in [3.63, 3.8) is 0 Å². The number of carbonyl (C=O) groups is 2. The van der Waals surface area contributed by atoms with Crippen LogP contribution in [0.25, 0.3) is 90.2 Å². The van der Waals surface area contributed by atoms with Gasteiger partial charge in [0.1, 0.15) is 44.8 Å². The quantitative estimate of drug-likeness (QED) is 0.0350. The Morgan fingerprint density at radius 3 is 0.766 bits per heavy atom. The molecule has 16 rings (SSSR count). The van der Waals surface area contributed by atoms with Crippen molar-refractivity contribution in [2.45, 2.75) is 55.4 Å². The summed E-state index contributed by atoms with van der Waals surface area (Å²) in [6, 6.07) is 50.5. The van der Waals surface area contributed by atoms with Gasteiger partial charge in [-0.3, -0.25) is 29.2 Å². The minimum atomic E-state index is 0. The molecular formula is C96H130Br4N18O6S4. The Morgan fingerprint density at radius 1 is 0.320 bits per heavy atom. The van der Waals surface area contributed by atoms with Crippen LogP contribution in [0.3, 0.4) is 0 Å². The molecule has 4 saturated heterocycles. The SMILES string of the molecule is CCN(CC)c1ccc2nc3ccc(=[N+]4CCN(CC(=O)NCCSC)CC4)cc-3oc2c1.CCN(CC)c1ccc2nc3ccc(=[N+]4CCN(CC(=O)NCCSC)CC4)cc-3oc2c1.CCN(CC)c1ccc2nc3ccc(=[N+]4CCN(CCSC)CC4)cc-3oc2c1.CCN(CC)c1ccc2nc3ccc(=[N+]4CCN(CCSC)CC4)cc-3oc2c1.[Br-].[Br-].[Br-].[Br-]. The van der Waals surface area contributed by atoms with Gasteiger partial charge in [0.2, 0.25) is 33.2 Å². The second-order valence-electron chi connectivity index (χ2n) is 31.6. The molecule has 2 amide bonds. The Kier molecular flexibility index (Phi) is 43.0. The van der Waals surface area contributed by atoms with Gasteiger partial charge in [-0.2, -0.15) is 47.0 Å². The third-order valence-corrected chi connectivity index (χ3v) is 26.5. The fourth-order valence-electron chi connectivity index (χ4n) is 16.7. The maximum Gasteiger partial charge on any atom is 0.234 e. The van der Waals surface area contributed by atoms with Crippen LogP contribution in [0.5, 0.6) is 0 Å². The van der Waals surface area contributed by atoms with Gasteiger partial charge < -0.3 is 116 Å². The van der Waals surface area contributed by atoms with Gasteiger partial charge in [-0.25, -0.2) is 38.2 Å². The molecule has 4 aromatic carbocycles. The van der Waals surface area contributed by atoms with Crippen molar-refractivity contribution < 1.29 is 95.2 Å². The van der Waals surface area contributed by atoms with E-state index in [0.29, 0.717) is 13.1 Å². The lowest BCUT2D eigenvalue weighted by Crippen LogP contribution is -3.00. The summed E-state index contributed by atoms with van der Waals surface area (Å²) in [6.07, 6.45) is 8.45. The second kappa shape index (κ2) is 52.8. The number of carbonyl (C=O) groups excluding carboxylic acids is 2. The van der Waals surface area contributed by atoms with Crippen molar-refractivity contribution in [1.82, 2.24) is 68.5 Å². The zero-order valence-corrected chi connectivity index (χ0v) is 86.3. The average Bonchev–Trinajstić information content (AvgIpc) is 0.795. The van der Waals surface area contributed by atoms with Crippen LogP contribution in [0.1, 0.15) is 55.4 Å². The molecule has 2 N–H and O–H groups in total. The Hall–Kier alpha value is -7.34. The number of halogens is 4. The molecular weight excluding hydrogens is 1950 g/mol. The van der Waals surface area contributed by atoms with Crippen LogP contribution < -0.4 is 138 Å². The van der Waals surface area contributed by atoms with Crippen LogP contribution in [0.15, 0.2) is 163 Å². The highest BCUT2D eigenvalue weighted by atomic mass is 79.9. The van der Waals surface area contributed by atoms with E-state index in [-0.39, 0.29) is 79.7 Å². The molecule has 8 aliphatic heterocycles. The number of thioether (sulfide) groups is 4. The van der Waals surface area contributed by atoms with Crippen molar-refractivity contribution in [2.24, 2.45) is 0 Å². The number of piperazine rings is 4. The Balaban J connectivity index is 0.000000191. The van der Waals surface area contributed by atoms with E-state index in [9.17, 15) is 9.59 Å². The number of aromatic nitrogens is 4. The smallest absolute Gasteiger partial charge is 0.234 e. The fraction of sp³-hybridized carbons (Fsp3) is 0.479. The molecule has 0 aromatic heterocycles. The first-order valence-corrected chi connectivity index (χ1v) is 50.3. The summed E-state index contributed by atoms with van der Waals surface area (Å²) in [5.74, 6) is 7.87. The van der Waals surface area contributed by atoms with Gasteiger partial charge in [0.15, 0.2) is 97.7 Å². The van der Waals surface area contributed by atoms with Crippen molar-refractivity contribution in [3.8, 4) is 45.8 Å². The largest absolute Gasteiger partial charge is 1.00 e. The van der Waals surface area contributed by atoms with Crippen LogP contribution in [-0.2, 0) is 9.59 Å². The summed E-state index contributed by atoms with van der Waals surface area (Å²) in [5.41, 5.74) is 15.1. The number of nitrogens with one attached hydrogen (secondary N) is 2. The second-order valence-corrected chi connectivity index (χ2v) is 35.6. The van der Waals surface area contributed by atoms with E-state index < -0.39 is 0 Å². The van der Waals surface area contributed by atoms with Gasteiger partial charge in [0, 0.05) is 173 Å². The summed E-state index contributed by atoms with van der Waals surface area (Å²) in [5, 5.41) is 10.7. The van der Waals surface area contributed by atoms with Crippen molar-refractivity contribution in [1.29, 1.82) is 0 Å². The van der Waals surface area contributed by atoms with Crippen LogP contribution in [0, 0.1) is 0 Å². The third-order valence-electron chi connectivity index (χ3n) is 24.1. The number of hydrogen-bond donors (Lipinski definition) is 2. The number of anilines is 4. The molecule has 0 atom stereocenters. The van der Waals surface area contributed by atoms with Gasteiger partial charge in [-0.1, -0.05) is 0 Å². The lowest BCUT2D eigenvalue weighted by molar-refractivity contribution is -0.123. The highest BCUT2D eigenvalue weighted by Gasteiger charge is 2.27. The van der Waals surface area contributed by atoms with Gasteiger partial charge in [0.25, 0.3) is 0 Å². The van der Waals surface area contributed by atoms with Crippen molar-refractivity contribution in [3.05, 3.63) is 167 Å². The van der Waals surface area contributed by atoms with E-state index in [2.05, 4.69) is 257 Å². The predicted molar refractivity (Wildman–Crippen MR) is 522 cm³/mol. The van der Waals surface area contributed by atoms with Crippen molar-refractivity contribution >= 4 is 126 Å². The van der Waals surface area contributed by atoms with Gasteiger partial charge in [0.05, 0.1) is 89.7 Å². The Bertz CT molecular complexity index is 5320. The summed E-state index contributed by atoms with van der Waals surface area (Å²) in [6.45, 7) is 45.7. The first-order valence-electron chi connectivity index (χ1n) is 44.7.